The SMILES string of the molecule is CCCCCCCC/C=C/CCCCCCCCCCCCCC(=O)O[C@@H](CO)COC(=O)CCC/C=C/CC/C=C/CCCCCCCCCCCCCCCC. The largest absolute Gasteiger partial charge is 0.462 e. The third-order valence-electron chi connectivity index (χ3n) is 11.4. The standard InChI is InChI=1S/C53H98O5/c1-3-5-7-9-11-13-15-17-19-21-23-25-26-28-29-31-33-35-37-39-41-43-45-47-52(55)57-50-51(49-54)58-53(56)48-46-44-42-40-38-36-34-32-30-27-24-22-20-18-16-14-12-10-8-6-4-2/h18,20,31,33,39,41,51,54H,3-17,19,21-30,32,34-38,40,42-50H2,1-2H3/b20-18+,33-31+,41-39+/t51-/m0/s1. The highest BCUT2D eigenvalue weighted by Gasteiger charge is 2.16. The highest BCUT2D eigenvalue weighted by atomic mass is 16.6. The lowest BCUT2D eigenvalue weighted by Gasteiger charge is -2.15. The lowest BCUT2D eigenvalue weighted by Crippen LogP contribution is -2.28. The molecule has 0 aliphatic rings. The third-order valence-corrected chi connectivity index (χ3v) is 11.4. The number of ether oxygens (including phenoxy) is 2. The van der Waals surface area contributed by atoms with Gasteiger partial charge in [-0.1, -0.05) is 224 Å². The summed E-state index contributed by atoms with van der Waals surface area (Å²) in [5, 5.41) is 9.62. The molecule has 0 fully saturated rings. The molecule has 0 rings (SSSR count). The van der Waals surface area contributed by atoms with Crippen LogP contribution in [0.2, 0.25) is 0 Å². The van der Waals surface area contributed by atoms with Crippen molar-refractivity contribution in [3.8, 4) is 0 Å². The van der Waals surface area contributed by atoms with E-state index in [9.17, 15) is 14.7 Å². The highest BCUT2D eigenvalue weighted by molar-refractivity contribution is 5.70. The maximum Gasteiger partial charge on any atom is 0.306 e. The van der Waals surface area contributed by atoms with Gasteiger partial charge in [0.05, 0.1) is 6.61 Å². The Morgan fingerprint density at radius 1 is 0.379 bits per heavy atom. The maximum atomic E-state index is 12.3. The Morgan fingerprint density at radius 3 is 1.03 bits per heavy atom. The van der Waals surface area contributed by atoms with Gasteiger partial charge in [0.25, 0.3) is 0 Å². The van der Waals surface area contributed by atoms with Crippen molar-refractivity contribution < 1.29 is 24.2 Å². The second kappa shape index (κ2) is 49.5. The molecule has 0 aliphatic heterocycles. The topological polar surface area (TPSA) is 72.8 Å². The van der Waals surface area contributed by atoms with Crippen LogP contribution < -0.4 is 0 Å². The zero-order valence-electron chi connectivity index (χ0n) is 38.8. The van der Waals surface area contributed by atoms with Gasteiger partial charge in [0.15, 0.2) is 6.10 Å². The first-order valence-corrected chi connectivity index (χ1v) is 25.5. The molecule has 1 N–H and O–H groups in total. The van der Waals surface area contributed by atoms with Gasteiger partial charge >= 0.3 is 11.9 Å². The Bertz CT molecular complexity index is 924. The minimum absolute atomic E-state index is 0.0844. The van der Waals surface area contributed by atoms with E-state index in [0.29, 0.717) is 12.8 Å². The van der Waals surface area contributed by atoms with E-state index in [2.05, 4.69) is 50.3 Å². The second-order valence-electron chi connectivity index (χ2n) is 17.2. The van der Waals surface area contributed by atoms with E-state index in [-0.39, 0.29) is 25.2 Å². The summed E-state index contributed by atoms with van der Waals surface area (Å²) < 4.78 is 10.6. The molecule has 340 valence electrons. The predicted molar refractivity (Wildman–Crippen MR) is 251 cm³/mol. The first kappa shape index (κ1) is 56.1. The van der Waals surface area contributed by atoms with Crippen LogP contribution in [0, 0.1) is 0 Å². The number of hydrogen-bond acceptors (Lipinski definition) is 5. The van der Waals surface area contributed by atoms with Gasteiger partial charge < -0.3 is 14.6 Å². The highest BCUT2D eigenvalue weighted by Crippen LogP contribution is 2.16. The first-order valence-electron chi connectivity index (χ1n) is 25.5. The molecule has 0 amide bonds. The van der Waals surface area contributed by atoms with Crippen molar-refractivity contribution in [1.29, 1.82) is 0 Å². The van der Waals surface area contributed by atoms with Crippen LogP contribution in [0.5, 0.6) is 0 Å². The number of esters is 2. The van der Waals surface area contributed by atoms with Crippen LogP contribution in [0.15, 0.2) is 36.5 Å². The number of allylic oxidation sites excluding steroid dienone is 6. The zero-order chi connectivity index (χ0) is 42.1. The lowest BCUT2D eigenvalue weighted by atomic mass is 10.0. The Labute approximate surface area is 361 Å². The Morgan fingerprint density at radius 2 is 0.672 bits per heavy atom. The number of hydrogen-bond donors (Lipinski definition) is 1. The van der Waals surface area contributed by atoms with Gasteiger partial charge in [0, 0.05) is 12.8 Å². The van der Waals surface area contributed by atoms with Crippen LogP contribution in [0.1, 0.15) is 271 Å². The monoisotopic (exact) mass is 815 g/mol. The molecule has 0 radical (unpaired) electrons. The summed E-state index contributed by atoms with van der Waals surface area (Å²) in [7, 11) is 0. The first-order chi connectivity index (χ1) is 28.6. The molecule has 0 heterocycles. The van der Waals surface area contributed by atoms with Crippen molar-refractivity contribution in [2.75, 3.05) is 13.2 Å². The molecule has 0 saturated heterocycles. The molecule has 0 unspecified atom stereocenters. The molecular formula is C53H98O5. The summed E-state index contributed by atoms with van der Waals surface area (Å²) in [6.45, 7) is 4.14. The van der Waals surface area contributed by atoms with Gasteiger partial charge in [-0.2, -0.15) is 0 Å². The van der Waals surface area contributed by atoms with Crippen molar-refractivity contribution in [2.45, 2.75) is 277 Å². The van der Waals surface area contributed by atoms with Gasteiger partial charge in [-0.3, -0.25) is 9.59 Å². The van der Waals surface area contributed by atoms with E-state index in [1.165, 1.54) is 199 Å². The molecule has 1 atom stereocenters. The summed E-state index contributed by atoms with van der Waals surface area (Å²) in [6, 6.07) is 0. The number of unbranched alkanes of at least 4 members (excludes halogenated alkanes) is 33. The van der Waals surface area contributed by atoms with Gasteiger partial charge in [-0.25, -0.2) is 0 Å². The van der Waals surface area contributed by atoms with Crippen LogP contribution in [-0.4, -0.2) is 36.4 Å². The minimum atomic E-state index is -0.787. The fraction of sp³-hybridized carbons (Fsp3) is 0.849. The van der Waals surface area contributed by atoms with E-state index in [4.69, 9.17) is 9.47 Å². The Balaban J connectivity index is 3.52. The Hall–Kier alpha value is -1.88. The molecule has 0 spiro atoms. The molecule has 0 saturated carbocycles. The van der Waals surface area contributed by atoms with Gasteiger partial charge in [-0.15, -0.1) is 0 Å². The maximum absolute atomic E-state index is 12.3. The fourth-order valence-electron chi connectivity index (χ4n) is 7.51. The summed E-state index contributed by atoms with van der Waals surface area (Å²) >= 11 is 0. The number of carbonyl (C=O) groups is 2. The quantitative estimate of drug-likeness (QED) is 0.0376. The molecule has 0 aliphatic carbocycles. The Kier molecular flexibility index (Phi) is 47.9. The van der Waals surface area contributed by atoms with E-state index >= 15 is 0 Å². The zero-order valence-corrected chi connectivity index (χ0v) is 38.8. The number of aliphatic hydroxyl groups is 1. The lowest BCUT2D eigenvalue weighted by molar-refractivity contribution is -0.161. The van der Waals surface area contributed by atoms with Crippen molar-refractivity contribution in [3.63, 3.8) is 0 Å². The van der Waals surface area contributed by atoms with Gasteiger partial charge in [0.2, 0.25) is 0 Å². The molecule has 0 aromatic rings. The number of aliphatic hydroxyl groups excluding tert-OH is 1. The predicted octanol–water partition coefficient (Wildman–Crippen LogP) is 16.7. The normalized spacial score (nSPS) is 12.4. The minimum Gasteiger partial charge on any atom is -0.462 e. The van der Waals surface area contributed by atoms with E-state index in [1.54, 1.807) is 0 Å². The average molecular weight is 815 g/mol. The van der Waals surface area contributed by atoms with Crippen LogP contribution in [-0.2, 0) is 19.1 Å². The van der Waals surface area contributed by atoms with E-state index in [1.807, 2.05) is 0 Å². The third kappa shape index (κ3) is 46.8. The van der Waals surface area contributed by atoms with Crippen LogP contribution in [0.3, 0.4) is 0 Å². The molecule has 5 nitrogen and oxygen atoms in total. The molecular weight excluding hydrogens is 717 g/mol. The summed E-state index contributed by atoms with van der Waals surface area (Å²) in [6.07, 6.45) is 62.5. The molecule has 0 bridgehead atoms. The fourth-order valence-corrected chi connectivity index (χ4v) is 7.51. The van der Waals surface area contributed by atoms with Crippen LogP contribution >= 0.6 is 0 Å². The van der Waals surface area contributed by atoms with Crippen LogP contribution in [0.25, 0.3) is 0 Å². The van der Waals surface area contributed by atoms with Crippen LogP contribution in [0.4, 0.5) is 0 Å². The molecule has 58 heavy (non-hydrogen) atoms. The van der Waals surface area contributed by atoms with E-state index in [0.717, 1.165) is 44.9 Å². The van der Waals surface area contributed by atoms with Crippen molar-refractivity contribution >= 4 is 11.9 Å². The summed E-state index contributed by atoms with van der Waals surface area (Å²) in [4.78, 5) is 24.4. The molecule has 0 aromatic carbocycles. The molecule has 0 aromatic heterocycles. The van der Waals surface area contributed by atoms with Crippen molar-refractivity contribution in [3.05, 3.63) is 36.5 Å². The number of rotatable bonds is 47. The summed E-state index contributed by atoms with van der Waals surface area (Å²) in [5.74, 6) is -0.630. The van der Waals surface area contributed by atoms with Gasteiger partial charge in [0.1, 0.15) is 6.61 Å². The number of carbonyl (C=O) groups excluding carboxylic acids is 2. The van der Waals surface area contributed by atoms with Gasteiger partial charge in [-0.05, 0) is 70.6 Å². The smallest absolute Gasteiger partial charge is 0.306 e. The van der Waals surface area contributed by atoms with Crippen molar-refractivity contribution in [2.24, 2.45) is 0 Å². The van der Waals surface area contributed by atoms with Crippen molar-refractivity contribution in [1.82, 2.24) is 0 Å². The molecule has 5 heteroatoms. The van der Waals surface area contributed by atoms with E-state index < -0.39 is 6.10 Å². The average Bonchev–Trinajstić information content (AvgIpc) is 3.23. The second-order valence-corrected chi connectivity index (χ2v) is 17.2. The summed E-state index contributed by atoms with van der Waals surface area (Å²) in [5.41, 5.74) is 0.